The summed E-state index contributed by atoms with van der Waals surface area (Å²) in [5.74, 6) is -0.515. The summed E-state index contributed by atoms with van der Waals surface area (Å²) in [7, 11) is -1.56. The Hall–Kier alpha value is -1.63. The number of phosphoric ester groups is 1. The van der Waals surface area contributed by atoms with E-state index in [9.17, 15) is 23.8 Å². The molecule has 11 nitrogen and oxygen atoms in total. The average Bonchev–Trinajstić information content (AvgIpc) is 3.28. The van der Waals surface area contributed by atoms with E-state index in [0.717, 1.165) is 43.6 Å². The largest absolute Gasteiger partial charge is 0.472 e. The molecule has 0 saturated carbocycles. The van der Waals surface area contributed by atoms with E-state index >= 15 is 0 Å². The molecule has 0 aliphatic heterocycles. The summed E-state index contributed by atoms with van der Waals surface area (Å²) in [4.78, 5) is 52.1. The number of nitrogens with zero attached hydrogens (tertiary/aromatic N) is 1. The second kappa shape index (κ2) is 44.2. The Morgan fingerprint density at radius 1 is 0.619 bits per heavy atom. The number of aromatic nitrogens is 1. The molecule has 366 valence electrons. The minimum atomic E-state index is -4.55. The van der Waals surface area contributed by atoms with Crippen molar-refractivity contribution in [2.75, 3.05) is 32.1 Å². The van der Waals surface area contributed by atoms with Crippen LogP contribution in [0.5, 0.6) is 0 Å². The molecule has 1 aromatic heterocycles. The van der Waals surface area contributed by atoms with Gasteiger partial charge in [0.2, 0.25) is 5.91 Å². The third-order valence-corrected chi connectivity index (χ3v) is 14.2. The van der Waals surface area contributed by atoms with Gasteiger partial charge in [0.1, 0.15) is 11.6 Å². The van der Waals surface area contributed by atoms with Crippen molar-refractivity contribution >= 4 is 47.3 Å². The fourth-order valence-corrected chi connectivity index (χ4v) is 9.81. The van der Waals surface area contributed by atoms with Crippen LogP contribution in [0.25, 0.3) is 0 Å². The van der Waals surface area contributed by atoms with E-state index < -0.39 is 32.5 Å². The Morgan fingerprint density at radius 2 is 1.08 bits per heavy atom. The molecule has 0 saturated heterocycles. The lowest BCUT2D eigenvalue weighted by Gasteiger charge is -2.20. The lowest BCUT2D eigenvalue weighted by Crippen LogP contribution is -2.30. The monoisotopic (exact) mass is 945 g/mol. The van der Waals surface area contributed by atoms with Gasteiger partial charge in [-0.2, -0.15) is 0 Å². The maximum atomic E-state index is 12.8. The average molecular weight is 945 g/mol. The first-order chi connectivity index (χ1) is 30.8. The first-order valence-electron chi connectivity index (χ1n) is 25.2. The summed E-state index contributed by atoms with van der Waals surface area (Å²) in [5, 5.41) is 3.52. The second-order valence-electron chi connectivity index (χ2n) is 17.0. The summed E-state index contributed by atoms with van der Waals surface area (Å²) in [5.41, 5.74) is 0. The molecule has 0 fully saturated rings. The summed E-state index contributed by atoms with van der Waals surface area (Å²) in [6.07, 6.45) is 38.3. The first-order valence-corrected chi connectivity index (χ1v) is 29.0. The maximum Gasteiger partial charge on any atom is 0.472 e. The topological polar surface area (TPSA) is 150 Å². The minimum absolute atomic E-state index is 0.0133. The number of rotatable bonds is 47. The predicted molar refractivity (Wildman–Crippen MR) is 262 cm³/mol. The molecule has 1 heterocycles. The second-order valence-corrected chi connectivity index (χ2v) is 20.9. The van der Waals surface area contributed by atoms with Gasteiger partial charge in [-0.1, -0.05) is 210 Å². The lowest BCUT2D eigenvalue weighted by molar-refractivity contribution is -0.161. The van der Waals surface area contributed by atoms with E-state index in [0.29, 0.717) is 12.2 Å². The SMILES string of the molecule is CCCCCCCCCCCCCCCCCC(=O)OCC(COP(=O)(O)OCCNC(=O)CCSSc1ccccn1)OC(=O)CCCCCCCCCCCCCCCCC. The molecule has 0 spiro atoms. The van der Waals surface area contributed by atoms with E-state index in [1.807, 2.05) is 18.2 Å². The molecule has 2 N–H and O–H groups in total. The molecule has 2 unspecified atom stereocenters. The number of hydrogen-bond donors (Lipinski definition) is 2. The zero-order chi connectivity index (χ0) is 45.7. The number of amides is 1. The molecule has 1 rings (SSSR count). The molecule has 1 aromatic rings. The van der Waals surface area contributed by atoms with Crippen LogP contribution in [0.1, 0.15) is 226 Å². The number of carbonyl (C=O) groups is 3. The van der Waals surface area contributed by atoms with Gasteiger partial charge in [-0.05, 0) is 35.8 Å². The summed E-state index contributed by atoms with van der Waals surface area (Å²) in [6, 6.07) is 5.64. The van der Waals surface area contributed by atoms with Crippen molar-refractivity contribution in [1.29, 1.82) is 0 Å². The number of unbranched alkanes of at least 4 members (excludes halogenated alkanes) is 28. The number of pyridine rings is 1. The fourth-order valence-electron chi connectivity index (χ4n) is 7.19. The first kappa shape index (κ1) is 59.4. The Balaban J connectivity index is 2.34. The smallest absolute Gasteiger partial charge is 0.462 e. The molecule has 1 amide bonds. The lowest BCUT2D eigenvalue weighted by atomic mass is 10.0. The molecule has 63 heavy (non-hydrogen) atoms. The highest BCUT2D eigenvalue weighted by molar-refractivity contribution is 8.76. The van der Waals surface area contributed by atoms with Gasteiger partial charge >= 0.3 is 19.8 Å². The van der Waals surface area contributed by atoms with Gasteiger partial charge in [0, 0.05) is 37.8 Å². The van der Waals surface area contributed by atoms with Gasteiger partial charge in [0.25, 0.3) is 0 Å². The van der Waals surface area contributed by atoms with Crippen LogP contribution < -0.4 is 5.32 Å². The van der Waals surface area contributed by atoms with Crippen molar-refractivity contribution in [2.24, 2.45) is 0 Å². The van der Waals surface area contributed by atoms with Gasteiger partial charge in [0.05, 0.1) is 13.2 Å². The molecule has 0 radical (unpaired) electrons. The molecule has 0 aliphatic rings. The van der Waals surface area contributed by atoms with Gasteiger partial charge in [-0.25, -0.2) is 9.55 Å². The number of hydrogen-bond acceptors (Lipinski definition) is 11. The van der Waals surface area contributed by atoms with Crippen LogP contribution in [0.15, 0.2) is 29.4 Å². The highest BCUT2D eigenvalue weighted by Gasteiger charge is 2.26. The van der Waals surface area contributed by atoms with Gasteiger partial charge in [0.15, 0.2) is 6.10 Å². The van der Waals surface area contributed by atoms with Crippen molar-refractivity contribution in [3.8, 4) is 0 Å². The van der Waals surface area contributed by atoms with Crippen LogP contribution in [0.4, 0.5) is 0 Å². The molecule has 0 aliphatic carbocycles. The Kier molecular flexibility index (Phi) is 41.7. The van der Waals surface area contributed by atoms with Crippen molar-refractivity contribution < 1.29 is 42.4 Å². The van der Waals surface area contributed by atoms with Gasteiger partial charge < -0.3 is 19.7 Å². The van der Waals surface area contributed by atoms with Crippen molar-refractivity contribution in [3.63, 3.8) is 0 Å². The third-order valence-electron chi connectivity index (χ3n) is 11.0. The van der Waals surface area contributed by atoms with Crippen LogP contribution in [-0.4, -0.2) is 65.9 Å². The Morgan fingerprint density at radius 3 is 1.54 bits per heavy atom. The summed E-state index contributed by atoms with van der Waals surface area (Å²) < 4.78 is 33.9. The minimum Gasteiger partial charge on any atom is -0.462 e. The number of carbonyl (C=O) groups excluding carboxylic acids is 3. The van der Waals surface area contributed by atoms with E-state index in [2.05, 4.69) is 24.1 Å². The highest BCUT2D eigenvalue weighted by atomic mass is 33.1. The normalized spacial score (nSPS) is 12.8. The number of esters is 2. The third kappa shape index (κ3) is 41.5. The quantitative estimate of drug-likeness (QED) is 0.0277. The van der Waals surface area contributed by atoms with E-state index in [1.54, 1.807) is 6.20 Å². The van der Waals surface area contributed by atoms with Crippen LogP contribution in [0.2, 0.25) is 0 Å². The standard InChI is InChI=1S/C49H89N2O9PS2/c1-3-5-7-9-11-13-15-17-19-21-23-25-27-29-31-36-48(53)57-43-45(60-49(54)37-32-30-28-26-24-22-20-18-16-14-12-10-8-6-4-2)44-59-61(55,56)58-41-40-50-46(52)38-42-62-63-47-35-33-34-39-51-47/h33-35,39,45H,3-32,36-38,40-44H2,1-2H3,(H,50,52)(H,55,56). The number of nitrogens with one attached hydrogen (secondary N) is 1. The molecule has 2 atom stereocenters. The van der Waals surface area contributed by atoms with E-state index in [4.69, 9.17) is 18.5 Å². The Bertz CT molecular complexity index is 1270. The summed E-state index contributed by atoms with van der Waals surface area (Å²) in [6.45, 7) is 3.50. The van der Waals surface area contributed by atoms with E-state index in [1.165, 1.54) is 169 Å². The molecule has 0 bridgehead atoms. The van der Waals surface area contributed by atoms with Gasteiger partial charge in [-0.15, -0.1) is 0 Å². The Labute approximate surface area is 391 Å². The van der Waals surface area contributed by atoms with Crippen molar-refractivity contribution in [2.45, 2.75) is 237 Å². The molecule has 14 heteroatoms. The predicted octanol–water partition coefficient (Wildman–Crippen LogP) is 14.4. The van der Waals surface area contributed by atoms with Crippen LogP contribution in [-0.2, 0) is 37.5 Å². The van der Waals surface area contributed by atoms with Crippen molar-refractivity contribution in [3.05, 3.63) is 24.4 Å². The summed E-state index contributed by atoms with van der Waals surface area (Å²) >= 11 is 0. The zero-order valence-electron chi connectivity index (χ0n) is 39.7. The highest BCUT2D eigenvalue weighted by Crippen LogP contribution is 2.43. The van der Waals surface area contributed by atoms with Crippen molar-refractivity contribution in [1.82, 2.24) is 10.3 Å². The molecular weight excluding hydrogens is 856 g/mol. The van der Waals surface area contributed by atoms with Crippen LogP contribution in [0.3, 0.4) is 0 Å². The maximum absolute atomic E-state index is 12.8. The van der Waals surface area contributed by atoms with Crippen LogP contribution >= 0.6 is 29.4 Å². The fraction of sp³-hybridized carbons (Fsp3) is 0.837. The zero-order valence-corrected chi connectivity index (χ0v) is 42.2. The number of phosphoric acid groups is 1. The van der Waals surface area contributed by atoms with Crippen LogP contribution in [0, 0.1) is 0 Å². The molecule has 0 aromatic carbocycles. The number of ether oxygens (including phenoxy) is 2. The van der Waals surface area contributed by atoms with Gasteiger partial charge in [-0.3, -0.25) is 23.4 Å². The molecular formula is C49H89N2O9PS2. The van der Waals surface area contributed by atoms with E-state index in [-0.39, 0.29) is 44.9 Å².